The Balaban J connectivity index is 2.70. The Kier molecular flexibility index (Phi) is 3.42. The van der Waals surface area contributed by atoms with Crippen molar-refractivity contribution in [2.75, 3.05) is 5.75 Å². The number of hydrogen-bond acceptors (Lipinski definition) is 4. The van der Waals surface area contributed by atoms with Crippen LogP contribution >= 0.6 is 11.8 Å². The number of rotatable bonds is 3. The molecule has 0 saturated carbocycles. The number of thioether (sulfide) groups is 1. The lowest BCUT2D eigenvalue weighted by Crippen LogP contribution is -2.51. The number of hydrogen-bond donors (Lipinski definition) is 1. The second-order valence-corrected chi connectivity index (χ2v) is 4.54. The van der Waals surface area contributed by atoms with Gasteiger partial charge in [-0.05, 0) is 20.3 Å². The van der Waals surface area contributed by atoms with Crippen LogP contribution < -0.4 is 5.32 Å². The molecular weight excluding hydrogens is 202 g/mol. The molecule has 1 N–H and O–H groups in total. The van der Waals surface area contributed by atoms with Gasteiger partial charge in [-0.25, -0.2) is 4.79 Å². The molecule has 1 aliphatic heterocycles. The minimum Gasteiger partial charge on any atom is -0.461 e. The highest BCUT2D eigenvalue weighted by atomic mass is 32.2. The Bertz CT molecular complexity index is 254. The zero-order valence-corrected chi connectivity index (χ0v) is 9.44. The summed E-state index contributed by atoms with van der Waals surface area (Å²) in [5, 5.41) is 2.53. The molecule has 1 rings (SSSR count). The lowest BCUT2D eigenvalue weighted by molar-refractivity contribution is -0.154. The highest BCUT2D eigenvalue weighted by Crippen LogP contribution is 2.27. The second kappa shape index (κ2) is 4.21. The molecule has 0 aromatic rings. The first kappa shape index (κ1) is 11.4. The zero-order valence-electron chi connectivity index (χ0n) is 8.62. The Morgan fingerprint density at radius 1 is 1.71 bits per heavy atom. The van der Waals surface area contributed by atoms with Crippen LogP contribution in [0.25, 0.3) is 0 Å². The number of carbonyl (C=O) groups is 2. The van der Waals surface area contributed by atoms with Gasteiger partial charge in [-0.2, -0.15) is 0 Å². The van der Waals surface area contributed by atoms with Crippen molar-refractivity contribution in [3.63, 3.8) is 0 Å². The van der Waals surface area contributed by atoms with Crippen molar-refractivity contribution >= 4 is 23.0 Å². The standard InChI is InChI=1S/C9H15NO3S/c1-4-9(5-14-8(12)10-9)7(11)13-6(2)3/h6H,4-5H2,1-3H3,(H,10,12). The predicted molar refractivity (Wildman–Crippen MR) is 55.2 cm³/mol. The first-order valence-electron chi connectivity index (χ1n) is 4.66. The summed E-state index contributed by atoms with van der Waals surface area (Å²) in [7, 11) is 0. The number of nitrogens with one attached hydrogen (secondary N) is 1. The van der Waals surface area contributed by atoms with E-state index in [1.165, 1.54) is 0 Å². The molecule has 80 valence electrons. The average molecular weight is 217 g/mol. The van der Waals surface area contributed by atoms with Crippen LogP contribution in [-0.2, 0) is 9.53 Å². The van der Waals surface area contributed by atoms with E-state index in [0.29, 0.717) is 12.2 Å². The largest absolute Gasteiger partial charge is 0.461 e. The minimum atomic E-state index is -0.800. The van der Waals surface area contributed by atoms with Crippen LogP contribution in [0.2, 0.25) is 0 Å². The fraction of sp³-hybridized carbons (Fsp3) is 0.778. The molecule has 0 aromatic heterocycles. The van der Waals surface area contributed by atoms with Gasteiger partial charge in [0.15, 0.2) is 0 Å². The van der Waals surface area contributed by atoms with Crippen molar-refractivity contribution in [1.29, 1.82) is 0 Å². The van der Waals surface area contributed by atoms with Crippen molar-refractivity contribution < 1.29 is 14.3 Å². The topological polar surface area (TPSA) is 55.4 Å². The molecular formula is C9H15NO3S. The molecule has 1 heterocycles. The molecule has 1 aliphatic rings. The second-order valence-electron chi connectivity index (χ2n) is 3.59. The van der Waals surface area contributed by atoms with Crippen LogP contribution in [0.3, 0.4) is 0 Å². The Morgan fingerprint density at radius 2 is 2.36 bits per heavy atom. The summed E-state index contributed by atoms with van der Waals surface area (Å²) in [4.78, 5) is 22.8. The van der Waals surface area contributed by atoms with Crippen LogP contribution in [0, 0.1) is 0 Å². The Labute approximate surface area is 87.8 Å². The molecule has 1 unspecified atom stereocenters. The van der Waals surface area contributed by atoms with Crippen LogP contribution in [-0.4, -0.2) is 28.6 Å². The Hall–Kier alpha value is -0.710. The molecule has 1 saturated heterocycles. The van der Waals surface area contributed by atoms with E-state index < -0.39 is 5.54 Å². The molecule has 1 amide bonds. The smallest absolute Gasteiger partial charge is 0.333 e. The van der Waals surface area contributed by atoms with E-state index in [9.17, 15) is 9.59 Å². The molecule has 4 nitrogen and oxygen atoms in total. The maximum Gasteiger partial charge on any atom is 0.333 e. The number of amides is 1. The number of carbonyl (C=O) groups excluding carboxylic acids is 2. The maximum absolute atomic E-state index is 11.7. The fourth-order valence-electron chi connectivity index (χ4n) is 1.23. The normalized spacial score (nSPS) is 26.4. The van der Waals surface area contributed by atoms with Gasteiger partial charge < -0.3 is 10.1 Å². The number of esters is 1. The van der Waals surface area contributed by atoms with E-state index in [1.54, 1.807) is 13.8 Å². The quantitative estimate of drug-likeness (QED) is 0.729. The van der Waals surface area contributed by atoms with Gasteiger partial charge in [-0.1, -0.05) is 18.7 Å². The van der Waals surface area contributed by atoms with Crippen LogP contribution in [0.4, 0.5) is 4.79 Å². The van der Waals surface area contributed by atoms with E-state index >= 15 is 0 Å². The fourth-order valence-corrected chi connectivity index (χ4v) is 2.27. The van der Waals surface area contributed by atoms with Gasteiger partial charge >= 0.3 is 5.97 Å². The van der Waals surface area contributed by atoms with E-state index in [2.05, 4.69) is 5.32 Å². The SMILES string of the molecule is CCC1(C(=O)OC(C)C)CSC(=O)N1. The van der Waals surface area contributed by atoms with Gasteiger partial charge in [0.2, 0.25) is 0 Å². The summed E-state index contributed by atoms with van der Waals surface area (Å²) >= 11 is 1.13. The third-order valence-corrected chi connectivity index (χ3v) is 3.13. The third-order valence-electron chi connectivity index (χ3n) is 2.13. The summed E-state index contributed by atoms with van der Waals surface area (Å²) in [5.41, 5.74) is -0.800. The highest BCUT2D eigenvalue weighted by molar-refractivity contribution is 8.14. The average Bonchev–Trinajstić information content (AvgIpc) is 2.47. The van der Waals surface area contributed by atoms with E-state index in [4.69, 9.17) is 4.74 Å². The van der Waals surface area contributed by atoms with E-state index in [0.717, 1.165) is 11.8 Å². The van der Waals surface area contributed by atoms with E-state index in [1.807, 2.05) is 6.92 Å². The molecule has 1 atom stereocenters. The van der Waals surface area contributed by atoms with Crippen molar-refractivity contribution in [2.24, 2.45) is 0 Å². The van der Waals surface area contributed by atoms with Gasteiger partial charge in [0.25, 0.3) is 5.24 Å². The summed E-state index contributed by atoms with van der Waals surface area (Å²) in [5.74, 6) is 0.141. The van der Waals surface area contributed by atoms with Crippen LogP contribution in [0.5, 0.6) is 0 Å². The summed E-state index contributed by atoms with van der Waals surface area (Å²) < 4.78 is 5.11. The van der Waals surface area contributed by atoms with Crippen molar-refractivity contribution in [3.8, 4) is 0 Å². The molecule has 1 fully saturated rings. The van der Waals surface area contributed by atoms with Crippen LogP contribution in [0.1, 0.15) is 27.2 Å². The molecule has 14 heavy (non-hydrogen) atoms. The molecule has 0 aromatic carbocycles. The first-order valence-corrected chi connectivity index (χ1v) is 5.65. The van der Waals surface area contributed by atoms with Crippen molar-refractivity contribution in [2.45, 2.75) is 38.8 Å². The summed E-state index contributed by atoms with van der Waals surface area (Å²) in [6.45, 7) is 5.46. The highest BCUT2D eigenvalue weighted by Gasteiger charge is 2.45. The number of ether oxygens (including phenoxy) is 1. The third kappa shape index (κ3) is 2.20. The summed E-state index contributed by atoms with van der Waals surface area (Å²) in [6, 6.07) is 0. The van der Waals surface area contributed by atoms with Gasteiger partial charge in [0.1, 0.15) is 5.54 Å². The molecule has 0 bridgehead atoms. The molecule has 0 aliphatic carbocycles. The van der Waals surface area contributed by atoms with Crippen molar-refractivity contribution in [1.82, 2.24) is 5.32 Å². The predicted octanol–water partition coefficient (Wildman–Crippen LogP) is 1.54. The lowest BCUT2D eigenvalue weighted by Gasteiger charge is -2.25. The first-order chi connectivity index (χ1) is 6.50. The molecule has 0 spiro atoms. The minimum absolute atomic E-state index is 0.145. The van der Waals surface area contributed by atoms with Crippen molar-refractivity contribution in [3.05, 3.63) is 0 Å². The van der Waals surface area contributed by atoms with Crippen LogP contribution in [0.15, 0.2) is 0 Å². The molecule has 5 heteroatoms. The summed E-state index contributed by atoms with van der Waals surface area (Å²) in [6.07, 6.45) is 0.422. The molecule has 0 radical (unpaired) electrons. The lowest BCUT2D eigenvalue weighted by atomic mass is 9.99. The van der Waals surface area contributed by atoms with Gasteiger partial charge in [-0.15, -0.1) is 0 Å². The zero-order chi connectivity index (χ0) is 10.8. The van der Waals surface area contributed by atoms with Gasteiger partial charge in [0.05, 0.1) is 6.10 Å². The van der Waals surface area contributed by atoms with E-state index in [-0.39, 0.29) is 17.3 Å². The maximum atomic E-state index is 11.7. The monoisotopic (exact) mass is 217 g/mol. The van der Waals surface area contributed by atoms with Gasteiger partial charge in [-0.3, -0.25) is 4.79 Å². The Morgan fingerprint density at radius 3 is 2.71 bits per heavy atom. The van der Waals surface area contributed by atoms with Gasteiger partial charge in [0, 0.05) is 5.75 Å².